The van der Waals surface area contributed by atoms with Crippen LogP contribution in [0.3, 0.4) is 0 Å². The lowest BCUT2D eigenvalue weighted by Crippen LogP contribution is -1.94. The minimum atomic E-state index is 0.540. The maximum absolute atomic E-state index is 5.65. The molecule has 0 aliphatic rings. The Balaban J connectivity index is 2.49. The number of hydrogen-bond donors (Lipinski definition) is 1. The molecule has 4 heteroatoms. The maximum atomic E-state index is 5.65. The van der Waals surface area contributed by atoms with Crippen molar-refractivity contribution in [2.45, 2.75) is 13.5 Å². The summed E-state index contributed by atoms with van der Waals surface area (Å²) in [6.45, 7) is 2.52. The van der Waals surface area contributed by atoms with Crippen molar-refractivity contribution in [3.05, 3.63) is 34.8 Å². The smallest absolute Gasteiger partial charge is 0.129 e. The highest BCUT2D eigenvalue weighted by Crippen LogP contribution is 2.33. The molecule has 2 rings (SSSR count). The monoisotopic (exact) mass is 234 g/mol. The van der Waals surface area contributed by atoms with E-state index in [1.807, 2.05) is 31.2 Å². The number of aryl methyl sites for hydroxylation is 1. The fourth-order valence-electron chi connectivity index (χ4n) is 1.55. The second-order valence-corrected chi connectivity index (χ2v) is 4.52. The van der Waals surface area contributed by atoms with Crippen LogP contribution in [0.1, 0.15) is 10.6 Å². The third-order valence-corrected chi connectivity index (χ3v) is 3.63. The molecule has 16 heavy (non-hydrogen) atoms. The van der Waals surface area contributed by atoms with Crippen LogP contribution in [0.4, 0.5) is 0 Å². The van der Waals surface area contributed by atoms with Gasteiger partial charge in [0, 0.05) is 11.4 Å². The Bertz CT molecular complexity index is 494. The Kier molecular flexibility index (Phi) is 3.22. The number of aromatic nitrogens is 1. The lowest BCUT2D eigenvalue weighted by Gasteiger charge is -2.04. The van der Waals surface area contributed by atoms with Crippen LogP contribution >= 0.6 is 11.3 Å². The first-order valence-corrected chi connectivity index (χ1v) is 5.87. The summed E-state index contributed by atoms with van der Waals surface area (Å²) in [5.41, 5.74) is 7.69. The van der Waals surface area contributed by atoms with E-state index in [-0.39, 0.29) is 0 Å². The Labute approximate surface area is 98.9 Å². The van der Waals surface area contributed by atoms with E-state index >= 15 is 0 Å². The molecule has 0 saturated heterocycles. The highest BCUT2D eigenvalue weighted by atomic mass is 32.1. The van der Waals surface area contributed by atoms with Crippen LogP contribution in [0.25, 0.3) is 10.6 Å². The van der Waals surface area contributed by atoms with Gasteiger partial charge >= 0.3 is 0 Å². The molecule has 0 saturated carbocycles. The van der Waals surface area contributed by atoms with Gasteiger partial charge in [-0.2, -0.15) is 0 Å². The predicted molar refractivity (Wildman–Crippen MR) is 66.7 cm³/mol. The average molecular weight is 234 g/mol. The number of nitrogens with two attached hydrogens (primary N) is 1. The van der Waals surface area contributed by atoms with Crippen molar-refractivity contribution in [3.63, 3.8) is 0 Å². The standard InChI is InChI=1S/C12H14N2OS/c1-8-11(7-13)16-12(14-8)9-5-3-4-6-10(9)15-2/h3-6H,7,13H2,1-2H3. The zero-order chi connectivity index (χ0) is 11.5. The van der Waals surface area contributed by atoms with Gasteiger partial charge in [-0.1, -0.05) is 12.1 Å². The summed E-state index contributed by atoms with van der Waals surface area (Å²) in [6.07, 6.45) is 0. The first-order valence-electron chi connectivity index (χ1n) is 5.06. The van der Waals surface area contributed by atoms with Crippen LogP contribution in [0.5, 0.6) is 5.75 Å². The summed E-state index contributed by atoms with van der Waals surface area (Å²) in [5, 5.41) is 0.968. The minimum absolute atomic E-state index is 0.540. The van der Waals surface area contributed by atoms with E-state index in [1.165, 1.54) is 0 Å². The first kappa shape index (κ1) is 11.1. The molecule has 1 aromatic heterocycles. The average Bonchev–Trinajstić information content (AvgIpc) is 2.70. The van der Waals surface area contributed by atoms with Crippen molar-refractivity contribution < 1.29 is 4.74 Å². The Morgan fingerprint density at radius 3 is 2.75 bits per heavy atom. The van der Waals surface area contributed by atoms with Gasteiger partial charge < -0.3 is 10.5 Å². The van der Waals surface area contributed by atoms with Crippen LogP contribution in [0, 0.1) is 6.92 Å². The number of thiazole rings is 1. The Morgan fingerprint density at radius 1 is 1.38 bits per heavy atom. The fourth-order valence-corrected chi connectivity index (χ4v) is 2.53. The van der Waals surface area contributed by atoms with Gasteiger partial charge in [-0.25, -0.2) is 4.98 Å². The second kappa shape index (κ2) is 4.63. The SMILES string of the molecule is COc1ccccc1-c1nc(C)c(CN)s1. The van der Waals surface area contributed by atoms with E-state index in [0.29, 0.717) is 6.54 Å². The van der Waals surface area contributed by atoms with E-state index in [1.54, 1.807) is 18.4 Å². The molecule has 0 fully saturated rings. The van der Waals surface area contributed by atoms with Crippen molar-refractivity contribution in [1.29, 1.82) is 0 Å². The summed E-state index contributed by atoms with van der Waals surface area (Å²) >= 11 is 1.63. The number of ether oxygens (including phenoxy) is 1. The van der Waals surface area contributed by atoms with Crippen LogP contribution in [0.15, 0.2) is 24.3 Å². The molecule has 0 aliphatic carbocycles. The van der Waals surface area contributed by atoms with Gasteiger partial charge in [-0.05, 0) is 19.1 Å². The molecule has 0 radical (unpaired) electrons. The molecule has 0 aliphatic heterocycles. The maximum Gasteiger partial charge on any atom is 0.129 e. The zero-order valence-electron chi connectivity index (χ0n) is 9.36. The summed E-state index contributed by atoms with van der Waals surface area (Å²) in [5.74, 6) is 0.847. The van der Waals surface area contributed by atoms with E-state index in [2.05, 4.69) is 4.98 Å². The molecule has 3 nitrogen and oxygen atoms in total. The molecule has 0 bridgehead atoms. The molecule has 1 heterocycles. The molecule has 2 aromatic rings. The number of benzene rings is 1. The van der Waals surface area contributed by atoms with Gasteiger partial charge in [0.05, 0.1) is 18.4 Å². The van der Waals surface area contributed by atoms with Gasteiger partial charge in [-0.3, -0.25) is 0 Å². The summed E-state index contributed by atoms with van der Waals surface area (Å²) < 4.78 is 5.32. The van der Waals surface area contributed by atoms with E-state index in [0.717, 1.165) is 26.9 Å². The highest BCUT2D eigenvalue weighted by Gasteiger charge is 2.11. The minimum Gasteiger partial charge on any atom is -0.496 e. The molecule has 0 atom stereocenters. The molecule has 0 unspecified atom stereocenters. The van der Waals surface area contributed by atoms with Gasteiger partial charge in [0.25, 0.3) is 0 Å². The number of nitrogens with zero attached hydrogens (tertiary/aromatic N) is 1. The van der Waals surface area contributed by atoms with Crippen LogP contribution in [0.2, 0.25) is 0 Å². The second-order valence-electron chi connectivity index (χ2n) is 3.43. The fraction of sp³-hybridized carbons (Fsp3) is 0.250. The van der Waals surface area contributed by atoms with Gasteiger partial charge in [0.1, 0.15) is 10.8 Å². The molecule has 0 amide bonds. The first-order chi connectivity index (χ1) is 7.76. The number of methoxy groups -OCH3 is 1. The van der Waals surface area contributed by atoms with Crippen molar-refractivity contribution in [3.8, 4) is 16.3 Å². The lowest BCUT2D eigenvalue weighted by atomic mass is 10.2. The molecular formula is C12H14N2OS. The molecule has 1 aromatic carbocycles. The Morgan fingerprint density at radius 2 is 2.12 bits per heavy atom. The van der Waals surface area contributed by atoms with Crippen LogP contribution in [-0.4, -0.2) is 12.1 Å². The van der Waals surface area contributed by atoms with Crippen LogP contribution < -0.4 is 10.5 Å². The topological polar surface area (TPSA) is 48.1 Å². The molecule has 2 N–H and O–H groups in total. The number of rotatable bonds is 3. The van der Waals surface area contributed by atoms with Crippen LogP contribution in [-0.2, 0) is 6.54 Å². The van der Waals surface area contributed by atoms with Gasteiger partial charge in [0.15, 0.2) is 0 Å². The third-order valence-electron chi connectivity index (χ3n) is 2.42. The molecule has 0 spiro atoms. The number of hydrogen-bond acceptors (Lipinski definition) is 4. The van der Waals surface area contributed by atoms with E-state index in [4.69, 9.17) is 10.5 Å². The van der Waals surface area contributed by atoms with Crippen molar-refractivity contribution in [1.82, 2.24) is 4.98 Å². The zero-order valence-corrected chi connectivity index (χ0v) is 10.2. The van der Waals surface area contributed by atoms with E-state index in [9.17, 15) is 0 Å². The summed E-state index contributed by atoms with van der Waals surface area (Å²) in [6, 6.07) is 7.88. The molecule has 84 valence electrons. The van der Waals surface area contributed by atoms with E-state index < -0.39 is 0 Å². The summed E-state index contributed by atoms with van der Waals surface area (Å²) in [4.78, 5) is 5.64. The number of para-hydroxylation sites is 1. The van der Waals surface area contributed by atoms with Crippen molar-refractivity contribution >= 4 is 11.3 Å². The normalized spacial score (nSPS) is 10.4. The lowest BCUT2D eigenvalue weighted by molar-refractivity contribution is 0.416. The van der Waals surface area contributed by atoms with Gasteiger partial charge in [-0.15, -0.1) is 11.3 Å². The van der Waals surface area contributed by atoms with Crippen molar-refractivity contribution in [2.75, 3.05) is 7.11 Å². The predicted octanol–water partition coefficient (Wildman–Crippen LogP) is 2.59. The summed E-state index contributed by atoms with van der Waals surface area (Å²) in [7, 11) is 1.67. The largest absolute Gasteiger partial charge is 0.496 e. The van der Waals surface area contributed by atoms with Crippen molar-refractivity contribution in [2.24, 2.45) is 5.73 Å². The van der Waals surface area contributed by atoms with Gasteiger partial charge in [0.2, 0.25) is 0 Å². The highest BCUT2D eigenvalue weighted by molar-refractivity contribution is 7.15. The quantitative estimate of drug-likeness (QED) is 0.888. The third kappa shape index (κ3) is 1.94. The molecular weight excluding hydrogens is 220 g/mol. The Hall–Kier alpha value is -1.39.